The second-order valence-corrected chi connectivity index (χ2v) is 5.20. The minimum atomic E-state index is -4.40. The van der Waals surface area contributed by atoms with Crippen molar-refractivity contribution in [2.24, 2.45) is 4.99 Å². The molecule has 0 aliphatic carbocycles. The molecule has 0 aromatic carbocycles. The summed E-state index contributed by atoms with van der Waals surface area (Å²) in [5.74, 6) is 0.583. The molecule has 0 radical (unpaired) electrons. The van der Waals surface area contributed by atoms with Crippen LogP contribution in [0.3, 0.4) is 0 Å². The Labute approximate surface area is 163 Å². The Bertz CT molecular complexity index is 512. The Morgan fingerprint density at radius 1 is 1.24 bits per heavy atom. The van der Waals surface area contributed by atoms with Crippen molar-refractivity contribution in [2.75, 3.05) is 19.7 Å². The highest BCUT2D eigenvalue weighted by Gasteiger charge is 2.29. The summed E-state index contributed by atoms with van der Waals surface area (Å²) >= 11 is 0. The highest BCUT2D eigenvalue weighted by Crippen LogP contribution is 2.20. The first-order valence-electron chi connectivity index (χ1n) is 8.12. The van der Waals surface area contributed by atoms with E-state index in [0.717, 1.165) is 25.8 Å². The van der Waals surface area contributed by atoms with Gasteiger partial charge in [0.2, 0.25) is 5.88 Å². The summed E-state index contributed by atoms with van der Waals surface area (Å²) in [6.07, 6.45) is 0.296. The zero-order chi connectivity index (χ0) is 17.8. The van der Waals surface area contributed by atoms with Crippen LogP contribution in [0, 0.1) is 0 Å². The number of halogens is 4. The second kappa shape index (κ2) is 13.0. The predicted molar refractivity (Wildman–Crippen MR) is 104 cm³/mol. The average Bonchev–Trinajstić information content (AvgIpc) is 2.54. The summed E-state index contributed by atoms with van der Waals surface area (Å²) in [6, 6.07) is 3.30. The average molecular weight is 474 g/mol. The summed E-state index contributed by atoms with van der Waals surface area (Å²) < 4.78 is 41.6. The molecule has 1 aromatic rings. The molecule has 0 saturated carbocycles. The fourth-order valence-electron chi connectivity index (χ4n) is 1.91. The monoisotopic (exact) mass is 474 g/mol. The van der Waals surface area contributed by atoms with Crippen LogP contribution in [0.2, 0.25) is 0 Å². The molecular weight excluding hydrogens is 448 g/mol. The van der Waals surface area contributed by atoms with Crippen molar-refractivity contribution in [2.45, 2.75) is 45.8 Å². The van der Waals surface area contributed by atoms with Crippen molar-refractivity contribution in [3.63, 3.8) is 0 Å². The molecule has 0 amide bonds. The van der Waals surface area contributed by atoms with Crippen LogP contribution in [0.4, 0.5) is 13.2 Å². The van der Waals surface area contributed by atoms with Crippen LogP contribution < -0.4 is 15.4 Å². The first-order chi connectivity index (χ1) is 11.5. The SMILES string of the molecule is CCCCCNC(=NCc1cccnc1OCC(F)(F)F)NCC.I. The predicted octanol–water partition coefficient (Wildman–Crippen LogP) is 3.89. The standard InChI is InChI=1S/C16H25F3N4O.HI/c1-3-5-6-9-22-15(20-4-2)23-11-13-8-7-10-21-14(13)24-12-16(17,18)19;/h7-8,10H,3-6,9,11-12H2,1-2H3,(H2,20,22,23);1H. The van der Waals surface area contributed by atoms with E-state index in [2.05, 4.69) is 27.5 Å². The molecule has 1 aromatic heterocycles. The molecule has 0 saturated heterocycles. The van der Waals surface area contributed by atoms with Gasteiger partial charge >= 0.3 is 6.18 Å². The van der Waals surface area contributed by atoms with E-state index in [1.807, 2.05) is 6.92 Å². The lowest BCUT2D eigenvalue weighted by atomic mass is 10.2. The molecule has 0 bridgehead atoms. The number of unbranched alkanes of at least 4 members (excludes halogenated alkanes) is 2. The third-order valence-electron chi connectivity index (χ3n) is 3.05. The number of pyridine rings is 1. The molecule has 0 atom stereocenters. The third kappa shape index (κ3) is 11.1. The summed E-state index contributed by atoms with van der Waals surface area (Å²) in [4.78, 5) is 8.24. The molecule has 1 rings (SSSR count). The van der Waals surface area contributed by atoms with Gasteiger partial charge in [-0.2, -0.15) is 13.2 Å². The van der Waals surface area contributed by atoms with Gasteiger partial charge in [0, 0.05) is 24.8 Å². The Hall–Kier alpha value is -1.26. The molecule has 0 aliphatic rings. The summed E-state index contributed by atoms with van der Waals surface area (Å²) in [6.45, 7) is 4.39. The number of nitrogens with zero attached hydrogens (tertiary/aromatic N) is 2. The molecule has 0 spiro atoms. The maximum Gasteiger partial charge on any atom is 0.422 e. The number of ether oxygens (including phenoxy) is 1. The van der Waals surface area contributed by atoms with Gasteiger partial charge in [0.05, 0.1) is 6.54 Å². The van der Waals surface area contributed by atoms with Crippen LogP contribution in [0.5, 0.6) is 5.88 Å². The van der Waals surface area contributed by atoms with Crippen molar-refractivity contribution in [3.05, 3.63) is 23.9 Å². The summed E-state index contributed by atoms with van der Waals surface area (Å²) in [5, 5.41) is 6.30. The highest BCUT2D eigenvalue weighted by molar-refractivity contribution is 14.0. The van der Waals surface area contributed by atoms with Crippen LogP contribution in [-0.2, 0) is 6.54 Å². The van der Waals surface area contributed by atoms with E-state index < -0.39 is 12.8 Å². The minimum Gasteiger partial charge on any atom is -0.468 e. The quantitative estimate of drug-likeness (QED) is 0.247. The molecule has 144 valence electrons. The molecule has 9 heteroatoms. The second-order valence-electron chi connectivity index (χ2n) is 5.20. The van der Waals surface area contributed by atoms with E-state index in [4.69, 9.17) is 4.74 Å². The zero-order valence-electron chi connectivity index (χ0n) is 14.5. The van der Waals surface area contributed by atoms with Gasteiger partial charge in [-0.05, 0) is 19.4 Å². The van der Waals surface area contributed by atoms with Crippen LogP contribution in [0.25, 0.3) is 0 Å². The number of alkyl halides is 3. The fraction of sp³-hybridized carbons (Fsp3) is 0.625. The number of rotatable bonds is 9. The van der Waals surface area contributed by atoms with E-state index in [1.165, 1.54) is 6.20 Å². The van der Waals surface area contributed by atoms with Crippen LogP contribution in [-0.4, -0.2) is 36.8 Å². The molecule has 0 fully saturated rings. The molecule has 0 aliphatic heterocycles. The van der Waals surface area contributed by atoms with E-state index in [9.17, 15) is 13.2 Å². The molecule has 25 heavy (non-hydrogen) atoms. The Morgan fingerprint density at radius 2 is 2.00 bits per heavy atom. The minimum absolute atomic E-state index is 0. The Morgan fingerprint density at radius 3 is 2.64 bits per heavy atom. The van der Waals surface area contributed by atoms with E-state index in [1.54, 1.807) is 12.1 Å². The van der Waals surface area contributed by atoms with Crippen molar-refractivity contribution in [1.29, 1.82) is 0 Å². The van der Waals surface area contributed by atoms with Crippen molar-refractivity contribution < 1.29 is 17.9 Å². The largest absolute Gasteiger partial charge is 0.468 e. The van der Waals surface area contributed by atoms with E-state index in [-0.39, 0.29) is 36.4 Å². The molecular formula is C16H26F3IN4O. The lowest BCUT2D eigenvalue weighted by molar-refractivity contribution is -0.154. The lowest BCUT2D eigenvalue weighted by Crippen LogP contribution is -2.37. The number of aliphatic imine (C=N–C) groups is 1. The van der Waals surface area contributed by atoms with Gasteiger partial charge in [-0.25, -0.2) is 9.98 Å². The Kier molecular flexibility index (Phi) is 12.4. The Balaban J connectivity index is 0.00000576. The summed E-state index contributed by atoms with van der Waals surface area (Å²) in [5.41, 5.74) is 0.507. The van der Waals surface area contributed by atoms with Crippen molar-refractivity contribution >= 4 is 29.9 Å². The first-order valence-corrected chi connectivity index (χ1v) is 8.12. The molecule has 1 heterocycles. The van der Waals surface area contributed by atoms with E-state index >= 15 is 0 Å². The lowest BCUT2D eigenvalue weighted by Gasteiger charge is -2.13. The van der Waals surface area contributed by atoms with E-state index in [0.29, 0.717) is 18.1 Å². The van der Waals surface area contributed by atoms with Gasteiger partial charge in [-0.15, -0.1) is 24.0 Å². The van der Waals surface area contributed by atoms with Crippen molar-refractivity contribution in [3.8, 4) is 5.88 Å². The summed E-state index contributed by atoms with van der Waals surface area (Å²) in [7, 11) is 0. The van der Waals surface area contributed by atoms with Crippen LogP contribution in [0.15, 0.2) is 23.3 Å². The van der Waals surface area contributed by atoms with Gasteiger partial charge < -0.3 is 15.4 Å². The van der Waals surface area contributed by atoms with Gasteiger partial charge in [0.15, 0.2) is 12.6 Å². The van der Waals surface area contributed by atoms with Gasteiger partial charge in [-0.3, -0.25) is 0 Å². The number of aromatic nitrogens is 1. The maximum atomic E-state index is 12.3. The van der Waals surface area contributed by atoms with Crippen molar-refractivity contribution in [1.82, 2.24) is 15.6 Å². The number of hydrogen-bond donors (Lipinski definition) is 2. The molecule has 5 nitrogen and oxygen atoms in total. The first kappa shape index (κ1) is 23.7. The van der Waals surface area contributed by atoms with Crippen LogP contribution >= 0.6 is 24.0 Å². The number of nitrogens with one attached hydrogen (secondary N) is 2. The highest BCUT2D eigenvalue weighted by atomic mass is 127. The number of guanidine groups is 1. The van der Waals surface area contributed by atoms with Gasteiger partial charge in [0.25, 0.3) is 0 Å². The molecule has 0 unspecified atom stereocenters. The normalized spacial score (nSPS) is 11.6. The topological polar surface area (TPSA) is 58.5 Å². The van der Waals surface area contributed by atoms with Gasteiger partial charge in [-0.1, -0.05) is 25.8 Å². The maximum absolute atomic E-state index is 12.3. The third-order valence-corrected chi connectivity index (χ3v) is 3.05. The number of hydrogen-bond acceptors (Lipinski definition) is 3. The zero-order valence-corrected chi connectivity index (χ0v) is 16.9. The molecule has 2 N–H and O–H groups in total. The smallest absolute Gasteiger partial charge is 0.422 e. The van der Waals surface area contributed by atoms with Gasteiger partial charge in [0.1, 0.15) is 0 Å². The van der Waals surface area contributed by atoms with Crippen LogP contribution in [0.1, 0.15) is 38.7 Å². The fourth-order valence-corrected chi connectivity index (χ4v) is 1.91.